The molecule has 0 spiro atoms. The minimum Gasteiger partial charge on any atom is -0.368 e. The molecule has 2 aromatic rings. The zero-order valence-corrected chi connectivity index (χ0v) is 13.5. The van der Waals surface area contributed by atoms with Crippen LogP contribution in [0.5, 0.6) is 0 Å². The third-order valence-corrected chi connectivity index (χ3v) is 4.18. The van der Waals surface area contributed by atoms with Crippen molar-refractivity contribution in [1.29, 1.82) is 0 Å². The van der Waals surface area contributed by atoms with Gasteiger partial charge < -0.3 is 10.2 Å². The van der Waals surface area contributed by atoms with Crippen molar-refractivity contribution in [3.05, 3.63) is 53.8 Å². The maximum Gasteiger partial charge on any atom is 0.238 e. The second-order valence-corrected chi connectivity index (χ2v) is 5.91. The lowest BCUT2D eigenvalue weighted by Crippen LogP contribution is -2.48. The van der Waals surface area contributed by atoms with Gasteiger partial charge in [-0.1, -0.05) is 29.8 Å². The second kappa shape index (κ2) is 7.44. The van der Waals surface area contributed by atoms with Crippen LogP contribution in [0.4, 0.5) is 11.4 Å². The Labute approximate surface area is 140 Å². The summed E-state index contributed by atoms with van der Waals surface area (Å²) in [7, 11) is 0. The van der Waals surface area contributed by atoms with Crippen molar-refractivity contribution in [1.82, 2.24) is 9.88 Å². The van der Waals surface area contributed by atoms with Gasteiger partial charge >= 0.3 is 0 Å². The molecule has 0 radical (unpaired) electrons. The standard InChI is InChI=1S/C17H19ClN4O/c18-15-12-19-7-6-16(15)22-10-8-21(9-11-22)13-17(23)20-14-4-2-1-3-5-14/h1-7,12H,8-11,13H2,(H,20,23). The Morgan fingerprint density at radius 1 is 1.13 bits per heavy atom. The Morgan fingerprint density at radius 2 is 1.87 bits per heavy atom. The highest BCUT2D eigenvalue weighted by Crippen LogP contribution is 2.24. The number of rotatable bonds is 4. The summed E-state index contributed by atoms with van der Waals surface area (Å²) in [6.45, 7) is 3.78. The molecule has 1 saturated heterocycles. The number of carbonyl (C=O) groups is 1. The molecular weight excluding hydrogens is 312 g/mol. The molecule has 1 aromatic carbocycles. The van der Waals surface area contributed by atoms with Crippen LogP contribution < -0.4 is 10.2 Å². The summed E-state index contributed by atoms with van der Waals surface area (Å²) in [4.78, 5) is 20.5. The Morgan fingerprint density at radius 3 is 2.57 bits per heavy atom. The predicted octanol–water partition coefficient (Wildman–Crippen LogP) is 2.50. The van der Waals surface area contributed by atoms with Gasteiger partial charge in [-0.05, 0) is 18.2 Å². The number of anilines is 2. The van der Waals surface area contributed by atoms with E-state index in [0.29, 0.717) is 11.6 Å². The summed E-state index contributed by atoms with van der Waals surface area (Å²) < 4.78 is 0. The molecule has 6 heteroatoms. The van der Waals surface area contributed by atoms with Crippen molar-refractivity contribution >= 4 is 28.9 Å². The summed E-state index contributed by atoms with van der Waals surface area (Å²) in [5.74, 6) is 0.0200. The van der Waals surface area contributed by atoms with Gasteiger partial charge in [0.1, 0.15) is 0 Å². The normalized spacial score (nSPS) is 15.4. The summed E-state index contributed by atoms with van der Waals surface area (Å²) >= 11 is 6.19. The molecule has 3 rings (SSSR count). The molecule has 120 valence electrons. The SMILES string of the molecule is O=C(CN1CCN(c2ccncc2Cl)CC1)Nc1ccccc1. The first kappa shape index (κ1) is 15.8. The number of nitrogens with zero attached hydrogens (tertiary/aromatic N) is 3. The van der Waals surface area contributed by atoms with E-state index in [1.165, 1.54) is 0 Å². The van der Waals surface area contributed by atoms with Gasteiger partial charge in [-0.25, -0.2) is 0 Å². The van der Waals surface area contributed by atoms with Crippen LogP contribution in [0, 0.1) is 0 Å². The zero-order valence-electron chi connectivity index (χ0n) is 12.8. The highest BCUT2D eigenvalue weighted by molar-refractivity contribution is 6.33. The number of hydrogen-bond donors (Lipinski definition) is 1. The van der Waals surface area contributed by atoms with Gasteiger partial charge in [0.25, 0.3) is 0 Å². The lowest BCUT2D eigenvalue weighted by atomic mass is 10.2. The number of nitrogens with one attached hydrogen (secondary N) is 1. The fourth-order valence-corrected chi connectivity index (χ4v) is 2.94. The van der Waals surface area contributed by atoms with Crippen LogP contribution in [-0.2, 0) is 4.79 Å². The zero-order chi connectivity index (χ0) is 16.1. The van der Waals surface area contributed by atoms with Gasteiger partial charge in [0.15, 0.2) is 0 Å². The molecule has 23 heavy (non-hydrogen) atoms. The number of aromatic nitrogens is 1. The van der Waals surface area contributed by atoms with Crippen LogP contribution in [-0.4, -0.2) is 48.5 Å². The van der Waals surface area contributed by atoms with E-state index in [4.69, 9.17) is 11.6 Å². The Balaban J connectivity index is 1.49. The second-order valence-electron chi connectivity index (χ2n) is 5.50. The molecule has 1 N–H and O–H groups in total. The largest absolute Gasteiger partial charge is 0.368 e. The highest BCUT2D eigenvalue weighted by atomic mass is 35.5. The van der Waals surface area contributed by atoms with Crippen LogP contribution >= 0.6 is 11.6 Å². The molecule has 0 aliphatic carbocycles. The van der Waals surface area contributed by atoms with Crippen molar-refractivity contribution in [2.75, 3.05) is 42.9 Å². The Kier molecular flexibility index (Phi) is 5.10. The van der Waals surface area contributed by atoms with Gasteiger partial charge in [0, 0.05) is 44.3 Å². The first-order chi connectivity index (χ1) is 11.2. The van der Waals surface area contributed by atoms with Crippen LogP contribution in [0.25, 0.3) is 0 Å². The van der Waals surface area contributed by atoms with Crippen molar-refractivity contribution in [3.63, 3.8) is 0 Å². The molecule has 2 heterocycles. The number of hydrogen-bond acceptors (Lipinski definition) is 4. The van der Waals surface area contributed by atoms with Crippen molar-refractivity contribution in [2.45, 2.75) is 0 Å². The molecule has 0 bridgehead atoms. The topological polar surface area (TPSA) is 48.5 Å². The summed E-state index contributed by atoms with van der Waals surface area (Å²) in [5, 5.41) is 3.59. The van der Waals surface area contributed by atoms with Crippen molar-refractivity contribution in [2.24, 2.45) is 0 Å². The van der Waals surface area contributed by atoms with Crippen LogP contribution in [0.2, 0.25) is 5.02 Å². The van der Waals surface area contributed by atoms with E-state index in [1.807, 2.05) is 36.4 Å². The van der Waals surface area contributed by atoms with Gasteiger partial charge in [0.2, 0.25) is 5.91 Å². The van der Waals surface area contributed by atoms with Gasteiger partial charge in [-0.3, -0.25) is 14.7 Å². The predicted molar refractivity (Wildman–Crippen MR) is 93.0 cm³/mol. The molecule has 0 atom stereocenters. The fourth-order valence-electron chi connectivity index (χ4n) is 2.70. The molecule has 0 saturated carbocycles. The monoisotopic (exact) mass is 330 g/mol. The summed E-state index contributed by atoms with van der Waals surface area (Å²) in [6.07, 6.45) is 3.41. The quantitative estimate of drug-likeness (QED) is 0.935. The first-order valence-electron chi connectivity index (χ1n) is 7.64. The van der Waals surface area contributed by atoms with Gasteiger partial charge in [-0.15, -0.1) is 0 Å². The number of para-hydroxylation sites is 1. The van der Waals surface area contributed by atoms with E-state index < -0.39 is 0 Å². The number of carbonyl (C=O) groups excluding carboxylic acids is 1. The minimum atomic E-state index is 0.0200. The van der Waals surface area contributed by atoms with Crippen LogP contribution in [0.1, 0.15) is 0 Å². The van der Waals surface area contributed by atoms with Gasteiger partial charge in [-0.2, -0.15) is 0 Å². The fraction of sp³-hybridized carbons (Fsp3) is 0.294. The molecule has 1 aliphatic heterocycles. The minimum absolute atomic E-state index is 0.0200. The number of pyridine rings is 1. The van der Waals surface area contributed by atoms with Crippen molar-refractivity contribution < 1.29 is 4.79 Å². The van der Waals surface area contributed by atoms with Crippen molar-refractivity contribution in [3.8, 4) is 0 Å². The number of halogens is 1. The van der Waals surface area contributed by atoms with Crippen LogP contribution in [0.15, 0.2) is 48.8 Å². The van der Waals surface area contributed by atoms with E-state index in [-0.39, 0.29) is 5.91 Å². The maximum atomic E-state index is 12.1. The molecular formula is C17H19ClN4O. The van der Waals surface area contributed by atoms with E-state index in [0.717, 1.165) is 37.6 Å². The number of amides is 1. The highest BCUT2D eigenvalue weighted by Gasteiger charge is 2.20. The number of piperazine rings is 1. The Hall–Kier alpha value is -2.11. The molecule has 1 fully saturated rings. The molecule has 5 nitrogen and oxygen atoms in total. The average Bonchev–Trinajstić information content (AvgIpc) is 2.57. The summed E-state index contributed by atoms with van der Waals surface area (Å²) in [5.41, 5.74) is 1.84. The van der Waals surface area contributed by atoms with Gasteiger partial charge in [0.05, 0.1) is 17.3 Å². The first-order valence-corrected chi connectivity index (χ1v) is 8.02. The van der Waals surface area contributed by atoms with E-state index in [9.17, 15) is 4.79 Å². The van der Waals surface area contributed by atoms with E-state index in [2.05, 4.69) is 20.1 Å². The molecule has 1 amide bonds. The average molecular weight is 331 g/mol. The van der Waals surface area contributed by atoms with E-state index >= 15 is 0 Å². The molecule has 0 unspecified atom stereocenters. The molecule has 1 aliphatic rings. The summed E-state index contributed by atoms with van der Waals surface area (Å²) in [6, 6.07) is 11.5. The lowest BCUT2D eigenvalue weighted by Gasteiger charge is -2.36. The van der Waals surface area contributed by atoms with Crippen LogP contribution in [0.3, 0.4) is 0 Å². The Bertz CT molecular complexity index is 657. The maximum absolute atomic E-state index is 12.1. The third-order valence-electron chi connectivity index (χ3n) is 3.89. The third kappa shape index (κ3) is 4.21. The smallest absolute Gasteiger partial charge is 0.238 e. The van der Waals surface area contributed by atoms with E-state index in [1.54, 1.807) is 12.4 Å². The lowest BCUT2D eigenvalue weighted by molar-refractivity contribution is -0.117. The molecule has 1 aromatic heterocycles. The number of benzene rings is 1.